The number of aryl methyl sites for hydroxylation is 2. The first-order valence-electron chi connectivity index (χ1n) is 11.8. The molecule has 0 fully saturated rings. The molecule has 184 valence electrons. The van der Waals surface area contributed by atoms with Crippen molar-refractivity contribution in [3.8, 4) is 11.1 Å². The van der Waals surface area contributed by atoms with Crippen molar-refractivity contribution in [3.05, 3.63) is 59.3 Å². The minimum atomic E-state index is -3.91. The number of aromatic nitrogens is 2. The molecule has 4 rings (SSSR count). The van der Waals surface area contributed by atoms with E-state index in [1.54, 1.807) is 31.2 Å². The Bertz CT molecular complexity index is 1410. The highest BCUT2D eigenvalue weighted by Crippen LogP contribution is 2.36. The summed E-state index contributed by atoms with van der Waals surface area (Å²) in [6.45, 7) is 7.83. The van der Waals surface area contributed by atoms with Crippen molar-refractivity contribution >= 4 is 33.3 Å². The summed E-state index contributed by atoms with van der Waals surface area (Å²) in [6, 6.07) is 12.5. The van der Waals surface area contributed by atoms with Crippen LogP contribution < -0.4 is 10.0 Å². The zero-order valence-electron chi connectivity index (χ0n) is 20.4. The molecule has 2 N–H and O–H groups in total. The van der Waals surface area contributed by atoms with Gasteiger partial charge in [-0.25, -0.2) is 8.42 Å². The van der Waals surface area contributed by atoms with Gasteiger partial charge in [-0.2, -0.15) is 9.78 Å². The van der Waals surface area contributed by atoms with Crippen molar-refractivity contribution in [3.63, 3.8) is 0 Å². The fourth-order valence-corrected chi connectivity index (χ4v) is 5.53. The molecule has 8 nitrogen and oxygen atoms in total. The molecule has 0 atom stereocenters. The largest absolute Gasteiger partial charge is 0.310 e. The van der Waals surface area contributed by atoms with E-state index in [9.17, 15) is 18.0 Å². The van der Waals surface area contributed by atoms with Gasteiger partial charge in [-0.1, -0.05) is 51.5 Å². The van der Waals surface area contributed by atoms with Crippen LogP contribution in [-0.2, 0) is 21.2 Å². The Balaban J connectivity index is 1.81. The lowest BCUT2D eigenvalue weighted by Crippen LogP contribution is -2.15. The van der Waals surface area contributed by atoms with Gasteiger partial charge in [0, 0.05) is 24.1 Å². The highest BCUT2D eigenvalue weighted by molar-refractivity contribution is 7.92. The summed E-state index contributed by atoms with van der Waals surface area (Å²) in [6.07, 6.45) is 1.50. The molecule has 2 heterocycles. The Morgan fingerprint density at radius 2 is 1.89 bits per heavy atom. The number of rotatable bonds is 7. The second-order valence-corrected chi connectivity index (χ2v) is 10.8. The summed E-state index contributed by atoms with van der Waals surface area (Å²) in [5.74, 6) is 0.0179. The Labute approximate surface area is 205 Å². The molecule has 9 heteroatoms. The number of carbonyl (C=O) groups excluding carboxylic acids is 2. The van der Waals surface area contributed by atoms with Crippen LogP contribution in [0.1, 0.15) is 67.6 Å². The lowest BCUT2D eigenvalue weighted by atomic mass is 10.0. The second kappa shape index (κ2) is 9.65. The standard InChI is InChI=1S/C26H30N4O4S/c1-5-7-21-25(26-27-23(31)12-13-24(32)30(26)28-21)19-11-10-17(4)22(15-19)35(33,34)29-20-9-6-8-18(14-20)16(2)3/h6,8-11,14-16,29H,5,7,12-13H2,1-4H3,(H,27,31). The zero-order chi connectivity index (χ0) is 25.3. The van der Waals surface area contributed by atoms with E-state index in [0.29, 0.717) is 40.3 Å². The fraction of sp³-hybridized carbons (Fsp3) is 0.346. The second-order valence-electron chi connectivity index (χ2n) is 9.14. The first-order valence-corrected chi connectivity index (χ1v) is 13.3. The lowest BCUT2D eigenvalue weighted by Gasteiger charge is -2.14. The third kappa shape index (κ3) is 5.00. The van der Waals surface area contributed by atoms with Crippen molar-refractivity contribution in [2.45, 2.75) is 64.2 Å². The number of benzene rings is 2. The van der Waals surface area contributed by atoms with Crippen LogP contribution in [0.4, 0.5) is 11.5 Å². The third-order valence-corrected chi connectivity index (χ3v) is 7.60. The highest BCUT2D eigenvalue weighted by Gasteiger charge is 2.28. The number of nitrogens with one attached hydrogen (secondary N) is 2. The molecule has 1 aromatic heterocycles. The molecule has 0 bridgehead atoms. The van der Waals surface area contributed by atoms with E-state index in [0.717, 1.165) is 12.0 Å². The molecule has 1 aliphatic heterocycles. The van der Waals surface area contributed by atoms with E-state index in [4.69, 9.17) is 0 Å². The molecule has 0 radical (unpaired) electrons. The number of fused-ring (bicyclic) bond motifs is 1. The monoisotopic (exact) mass is 494 g/mol. The van der Waals surface area contributed by atoms with E-state index in [2.05, 4.69) is 15.1 Å². The molecular weight excluding hydrogens is 464 g/mol. The quantitative estimate of drug-likeness (QED) is 0.474. The summed E-state index contributed by atoms with van der Waals surface area (Å²) in [5.41, 5.74) is 3.90. The van der Waals surface area contributed by atoms with Gasteiger partial charge >= 0.3 is 0 Å². The van der Waals surface area contributed by atoms with Crippen LogP contribution in [0.25, 0.3) is 11.1 Å². The zero-order valence-corrected chi connectivity index (χ0v) is 21.2. The molecule has 0 saturated heterocycles. The Morgan fingerprint density at radius 3 is 2.60 bits per heavy atom. The SMILES string of the molecule is CCCc1nn2c(c1-c1ccc(C)c(S(=O)(=O)Nc3cccc(C(C)C)c3)c1)NC(=O)CCC2=O. The van der Waals surface area contributed by atoms with Gasteiger partial charge in [-0.05, 0) is 54.2 Å². The van der Waals surface area contributed by atoms with Crippen LogP contribution >= 0.6 is 0 Å². The summed E-state index contributed by atoms with van der Waals surface area (Å²) >= 11 is 0. The first-order chi connectivity index (χ1) is 16.6. The summed E-state index contributed by atoms with van der Waals surface area (Å²) < 4.78 is 30.8. The number of amides is 1. The predicted molar refractivity (Wildman–Crippen MR) is 136 cm³/mol. The number of hydrogen-bond donors (Lipinski definition) is 2. The van der Waals surface area contributed by atoms with Gasteiger partial charge < -0.3 is 5.32 Å². The van der Waals surface area contributed by atoms with Crippen molar-refractivity contribution in [1.29, 1.82) is 0 Å². The van der Waals surface area contributed by atoms with Crippen LogP contribution in [0, 0.1) is 6.92 Å². The van der Waals surface area contributed by atoms with E-state index < -0.39 is 10.0 Å². The number of sulfonamides is 1. The molecule has 0 saturated carbocycles. The first kappa shape index (κ1) is 24.7. The van der Waals surface area contributed by atoms with Crippen LogP contribution in [-0.4, -0.2) is 30.0 Å². The minimum absolute atomic E-state index is 0.0679. The molecule has 1 amide bonds. The predicted octanol–water partition coefficient (Wildman–Crippen LogP) is 5.11. The number of anilines is 2. The van der Waals surface area contributed by atoms with Gasteiger partial charge in [-0.15, -0.1) is 0 Å². The molecule has 2 aromatic carbocycles. The number of carbonyl (C=O) groups is 2. The molecule has 0 spiro atoms. The van der Waals surface area contributed by atoms with Gasteiger partial charge in [0.2, 0.25) is 11.8 Å². The van der Waals surface area contributed by atoms with E-state index in [1.165, 1.54) is 4.68 Å². The summed E-state index contributed by atoms with van der Waals surface area (Å²) in [4.78, 5) is 25.0. The Kier molecular flexibility index (Phi) is 6.80. The van der Waals surface area contributed by atoms with Gasteiger partial charge in [0.15, 0.2) is 0 Å². The maximum Gasteiger partial charge on any atom is 0.262 e. The van der Waals surface area contributed by atoms with Crippen molar-refractivity contribution < 1.29 is 18.0 Å². The molecule has 3 aromatic rings. The Morgan fingerprint density at radius 1 is 1.11 bits per heavy atom. The van der Waals surface area contributed by atoms with Gasteiger partial charge in [0.1, 0.15) is 5.82 Å². The smallest absolute Gasteiger partial charge is 0.262 e. The molecule has 0 unspecified atom stereocenters. The number of nitrogens with zero attached hydrogens (tertiary/aromatic N) is 2. The topological polar surface area (TPSA) is 110 Å². The normalized spacial score (nSPS) is 14.0. The van der Waals surface area contributed by atoms with E-state index in [1.807, 2.05) is 39.0 Å². The van der Waals surface area contributed by atoms with Crippen molar-refractivity contribution in [1.82, 2.24) is 9.78 Å². The van der Waals surface area contributed by atoms with E-state index >= 15 is 0 Å². The van der Waals surface area contributed by atoms with E-state index in [-0.39, 0.29) is 35.5 Å². The average Bonchev–Trinajstić information content (AvgIpc) is 3.08. The van der Waals surface area contributed by atoms with Crippen LogP contribution in [0.2, 0.25) is 0 Å². The van der Waals surface area contributed by atoms with Crippen LogP contribution in [0.15, 0.2) is 47.4 Å². The van der Waals surface area contributed by atoms with Crippen molar-refractivity contribution in [2.24, 2.45) is 0 Å². The third-order valence-electron chi connectivity index (χ3n) is 6.08. The van der Waals surface area contributed by atoms with Gasteiger partial charge in [0.05, 0.1) is 10.6 Å². The minimum Gasteiger partial charge on any atom is -0.310 e. The lowest BCUT2D eigenvalue weighted by molar-refractivity contribution is -0.116. The molecule has 1 aliphatic rings. The average molecular weight is 495 g/mol. The maximum atomic E-state index is 13.4. The molecule has 0 aliphatic carbocycles. The summed E-state index contributed by atoms with van der Waals surface area (Å²) in [5, 5.41) is 7.29. The van der Waals surface area contributed by atoms with Crippen molar-refractivity contribution in [2.75, 3.05) is 10.0 Å². The van der Waals surface area contributed by atoms with Crippen LogP contribution in [0.5, 0.6) is 0 Å². The maximum absolute atomic E-state index is 13.4. The summed E-state index contributed by atoms with van der Waals surface area (Å²) in [7, 11) is -3.91. The van der Waals surface area contributed by atoms with Gasteiger partial charge in [-0.3, -0.25) is 14.3 Å². The molecular formula is C26H30N4O4S. The van der Waals surface area contributed by atoms with Crippen LogP contribution in [0.3, 0.4) is 0 Å². The Hall–Kier alpha value is -3.46. The molecule has 35 heavy (non-hydrogen) atoms. The highest BCUT2D eigenvalue weighted by atomic mass is 32.2. The number of hydrogen-bond acceptors (Lipinski definition) is 5. The fourth-order valence-electron chi connectivity index (χ4n) is 4.21. The van der Waals surface area contributed by atoms with Gasteiger partial charge in [0.25, 0.3) is 10.0 Å².